The van der Waals surface area contributed by atoms with E-state index in [1.165, 1.54) is 4.90 Å². The van der Waals surface area contributed by atoms with Crippen LogP contribution in [0.3, 0.4) is 0 Å². The maximum absolute atomic E-state index is 12.9. The first-order valence-corrected chi connectivity index (χ1v) is 8.68. The quantitative estimate of drug-likeness (QED) is 0.876. The van der Waals surface area contributed by atoms with Crippen molar-refractivity contribution >= 4 is 28.9 Å². The number of amides is 2. The Morgan fingerprint density at radius 3 is 2.16 bits per heavy atom. The monoisotopic (exact) mass is 334 g/mol. The molecule has 2 aromatic carbocycles. The van der Waals surface area contributed by atoms with Crippen molar-refractivity contribution in [2.24, 2.45) is 11.8 Å². The molecule has 25 heavy (non-hydrogen) atoms. The summed E-state index contributed by atoms with van der Waals surface area (Å²) >= 11 is 0. The number of para-hydroxylation sites is 1. The van der Waals surface area contributed by atoms with Crippen LogP contribution in [0, 0.1) is 11.8 Å². The van der Waals surface area contributed by atoms with Crippen LogP contribution in [0.1, 0.15) is 12.8 Å². The van der Waals surface area contributed by atoms with Gasteiger partial charge in [-0.05, 0) is 43.2 Å². The molecule has 3 aliphatic rings. The zero-order valence-corrected chi connectivity index (χ0v) is 13.6. The molecule has 0 saturated carbocycles. The number of hydrogen-bond acceptors (Lipinski definition) is 4. The number of benzene rings is 2. The van der Waals surface area contributed by atoms with E-state index in [1.807, 2.05) is 54.6 Å². The highest BCUT2D eigenvalue weighted by molar-refractivity contribution is 6.23. The van der Waals surface area contributed by atoms with Gasteiger partial charge >= 0.3 is 0 Å². The Bertz CT molecular complexity index is 823. The molecule has 2 bridgehead atoms. The van der Waals surface area contributed by atoms with Crippen LogP contribution in [0.2, 0.25) is 0 Å². The summed E-state index contributed by atoms with van der Waals surface area (Å²) in [6.45, 7) is 0. The van der Waals surface area contributed by atoms with Crippen molar-refractivity contribution in [3.63, 3.8) is 0 Å². The second-order valence-corrected chi connectivity index (χ2v) is 6.90. The fourth-order valence-corrected chi connectivity index (χ4v) is 4.38. The van der Waals surface area contributed by atoms with Gasteiger partial charge in [0.2, 0.25) is 11.8 Å². The predicted molar refractivity (Wildman–Crippen MR) is 93.5 cm³/mol. The number of carbonyl (C=O) groups excluding carboxylic acids is 2. The summed E-state index contributed by atoms with van der Waals surface area (Å²) in [5, 5.41) is 3.30. The Balaban J connectivity index is 1.45. The second-order valence-electron chi connectivity index (χ2n) is 6.90. The predicted octanol–water partition coefficient (Wildman–Crippen LogP) is 3.10. The van der Waals surface area contributed by atoms with Crippen molar-refractivity contribution < 1.29 is 14.3 Å². The standard InChI is InChI=1S/C20H18N2O3/c23-19-17-15-9-10-16(25-15)18(17)20(24)22(19)14-8-4-7-13(11-14)21-12-5-2-1-3-6-12/h1-8,11,15-18,21H,9-10H2/t15-,16-,17-,18-/m0/s1. The molecule has 3 heterocycles. The highest BCUT2D eigenvalue weighted by atomic mass is 16.5. The van der Waals surface area contributed by atoms with Gasteiger partial charge in [0.15, 0.2) is 0 Å². The minimum absolute atomic E-state index is 0.0814. The van der Waals surface area contributed by atoms with E-state index in [9.17, 15) is 9.59 Å². The Morgan fingerprint density at radius 1 is 0.840 bits per heavy atom. The molecule has 1 N–H and O–H groups in total. The first kappa shape index (κ1) is 14.7. The van der Waals surface area contributed by atoms with Crippen LogP contribution in [0.5, 0.6) is 0 Å². The summed E-state index contributed by atoms with van der Waals surface area (Å²) in [4.78, 5) is 27.1. The molecule has 3 fully saturated rings. The first-order valence-electron chi connectivity index (χ1n) is 8.68. The van der Waals surface area contributed by atoms with Gasteiger partial charge in [0.05, 0.1) is 29.7 Å². The van der Waals surface area contributed by atoms with Crippen molar-refractivity contribution in [1.29, 1.82) is 0 Å². The summed E-state index contributed by atoms with van der Waals surface area (Å²) in [7, 11) is 0. The molecule has 5 heteroatoms. The topological polar surface area (TPSA) is 58.6 Å². The highest BCUT2D eigenvalue weighted by Crippen LogP contribution is 2.49. The molecule has 4 atom stereocenters. The average molecular weight is 334 g/mol. The van der Waals surface area contributed by atoms with Crippen molar-refractivity contribution in [3.8, 4) is 0 Å². The summed E-state index contributed by atoms with van der Waals surface area (Å²) in [6, 6.07) is 17.3. The number of ether oxygens (including phenoxy) is 1. The molecule has 2 amide bonds. The van der Waals surface area contributed by atoms with Gasteiger partial charge in [-0.15, -0.1) is 0 Å². The van der Waals surface area contributed by atoms with Gasteiger partial charge in [0.25, 0.3) is 0 Å². The minimum Gasteiger partial charge on any atom is -0.373 e. The molecule has 3 saturated heterocycles. The molecule has 3 aliphatic heterocycles. The number of nitrogens with zero attached hydrogens (tertiary/aromatic N) is 1. The molecule has 126 valence electrons. The van der Waals surface area contributed by atoms with E-state index in [2.05, 4.69) is 5.32 Å². The average Bonchev–Trinajstić information content (AvgIpc) is 3.30. The normalized spacial score (nSPS) is 30.0. The van der Waals surface area contributed by atoms with Gasteiger partial charge in [-0.3, -0.25) is 9.59 Å². The van der Waals surface area contributed by atoms with Gasteiger partial charge < -0.3 is 10.1 Å². The molecule has 5 nitrogen and oxygen atoms in total. The first-order chi connectivity index (χ1) is 12.2. The largest absolute Gasteiger partial charge is 0.373 e. The lowest BCUT2D eigenvalue weighted by atomic mass is 9.81. The third kappa shape index (κ3) is 2.19. The van der Waals surface area contributed by atoms with Crippen LogP contribution in [-0.2, 0) is 14.3 Å². The number of hydrogen-bond donors (Lipinski definition) is 1. The number of carbonyl (C=O) groups is 2. The summed E-state index contributed by atoms with van der Waals surface area (Å²) in [5.74, 6) is -0.813. The fourth-order valence-electron chi connectivity index (χ4n) is 4.38. The van der Waals surface area contributed by atoms with Gasteiger partial charge in [-0.1, -0.05) is 24.3 Å². The van der Waals surface area contributed by atoms with Crippen molar-refractivity contribution in [3.05, 3.63) is 54.6 Å². The van der Waals surface area contributed by atoms with E-state index < -0.39 is 0 Å². The SMILES string of the molecule is O=C1[C@@H]2[C@@H](C(=O)N1c1cccc(Nc3ccccc3)c1)[C@@H]1CC[C@@H]2O1. The molecule has 2 aromatic rings. The van der Waals surface area contributed by atoms with Crippen molar-refractivity contribution in [2.75, 3.05) is 10.2 Å². The number of rotatable bonds is 3. The zero-order chi connectivity index (χ0) is 17.0. The summed E-state index contributed by atoms with van der Waals surface area (Å²) in [6.07, 6.45) is 1.60. The van der Waals surface area contributed by atoms with E-state index in [4.69, 9.17) is 4.74 Å². The Kier molecular flexibility index (Phi) is 3.18. The summed E-state index contributed by atoms with van der Waals surface area (Å²) in [5.41, 5.74) is 2.44. The van der Waals surface area contributed by atoms with Crippen LogP contribution in [-0.4, -0.2) is 24.0 Å². The van der Waals surface area contributed by atoms with E-state index in [1.54, 1.807) is 0 Å². The lowest BCUT2D eigenvalue weighted by molar-refractivity contribution is -0.124. The highest BCUT2D eigenvalue weighted by Gasteiger charge is 2.62. The number of anilines is 3. The smallest absolute Gasteiger partial charge is 0.240 e. The van der Waals surface area contributed by atoms with Gasteiger partial charge in [0.1, 0.15) is 0 Å². The lowest BCUT2D eigenvalue weighted by Crippen LogP contribution is -2.34. The maximum Gasteiger partial charge on any atom is 0.240 e. The molecule has 0 spiro atoms. The molecule has 0 unspecified atom stereocenters. The Labute approximate surface area is 145 Å². The van der Waals surface area contributed by atoms with E-state index in [-0.39, 0.29) is 35.9 Å². The fraction of sp³-hybridized carbons (Fsp3) is 0.300. The van der Waals surface area contributed by atoms with Crippen LogP contribution in [0.15, 0.2) is 54.6 Å². The minimum atomic E-state index is -0.294. The molecule has 0 radical (unpaired) electrons. The Morgan fingerprint density at radius 2 is 1.48 bits per heavy atom. The molecular weight excluding hydrogens is 316 g/mol. The van der Waals surface area contributed by atoms with Crippen molar-refractivity contribution in [1.82, 2.24) is 0 Å². The van der Waals surface area contributed by atoms with Crippen LogP contribution in [0.4, 0.5) is 17.1 Å². The van der Waals surface area contributed by atoms with E-state index >= 15 is 0 Å². The maximum atomic E-state index is 12.9. The molecule has 0 aromatic heterocycles. The molecule has 0 aliphatic carbocycles. The number of nitrogens with one attached hydrogen (secondary N) is 1. The zero-order valence-electron chi connectivity index (χ0n) is 13.6. The summed E-state index contributed by atoms with van der Waals surface area (Å²) < 4.78 is 5.79. The molecule has 5 rings (SSSR count). The molecular formula is C20H18N2O3. The lowest BCUT2D eigenvalue weighted by Gasteiger charge is -2.18. The van der Waals surface area contributed by atoms with Gasteiger partial charge in [0, 0.05) is 11.4 Å². The Hall–Kier alpha value is -2.66. The van der Waals surface area contributed by atoms with E-state index in [0.717, 1.165) is 24.2 Å². The van der Waals surface area contributed by atoms with Crippen LogP contribution >= 0.6 is 0 Å². The second kappa shape index (κ2) is 5.43. The van der Waals surface area contributed by atoms with Crippen LogP contribution in [0.25, 0.3) is 0 Å². The van der Waals surface area contributed by atoms with E-state index in [0.29, 0.717) is 5.69 Å². The van der Waals surface area contributed by atoms with Crippen molar-refractivity contribution in [2.45, 2.75) is 25.0 Å². The number of imide groups is 1. The third-order valence-corrected chi connectivity index (χ3v) is 5.45. The van der Waals surface area contributed by atoms with Crippen LogP contribution < -0.4 is 10.2 Å². The van der Waals surface area contributed by atoms with Gasteiger partial charge in [-0.2, -0.15) is 0 Å². The third-order valence-electron chi connectivity index (χ3n) is 5.45. The van der Waals surface area contributed by atoms with Gasteiger partial charge in [-0.25, -0.2) is 4.90 Å². The number of fused-ring (bicyclic) bond motifs is 5.